The maximum absolute atomic E-state index is 5.81. The number of hydrogen-bond donors (Lipinski definition) is 1. The highest BCUT2D eigenvalue weighted by Gasteiger charge is 2.11. The lowest BCUT2D eigenvalue weighted by molar-refractivity contribution is 0.215. The summed E-state index contributed by atoms with van der Waals surface area (Å²) in [6.45, 7) is 23.2. The normalized spacial score (nSPS) is 14.3. The Balaban J connectivity index is 4.24. The lowest BCUT2D eigenvalue weighted by atomic mass is 9.87. The third-order valence-electron chi connectivity index (χ3n) is 3.87. The molecule has 0 saturated carbocycles. The molecule has 0 atom stereocenters. The van der Waals surface area contributed by atoms with Gasteiger partial charge in [-0.15, -0.1) is 0 Å². The van der Waals surface area contributed by atoms with E-state index in [9.17, 15) is 0 Å². The molecule has 0 aliphatic heterocycles. The number of rotatable bonds is 9. The number of hydrogen-bond acceptors (Lipinski definition) is 2. The highest BCUT2D eigenvalue weighted by Crippen LogP contribution is 2.25. The van der Waals surface area contributed by atoms with Gasteiger partial charge in [-0.05, 0) is 71.6 Å². The van der Waals surface area contributed by atoms with E-state index < -0.39 is 0 Å². The van der Waals surface area contributed by atoms with E-state index in [2.05, 4.69) is 72.5 Å². The van der Waals surface area contributed by atoms with E-state index in [4.69, 9.17) is 4.74 Å². The quantitative estimate of drug-likeness (QED) is 0.235. The molecule has 0 aromatic rings. The average molecular weight is 334 g/mol. The van der Waals surface area contributed by atoms with E-state index in [1.807, 2.05) is 19.1 Å². The van der Waals surface area contributed by atoms with Gasteiger partial charge in [0.05, 0.1) is 6.61 Å². The number of allylic oxidation sites excluding steroid dienone is 6. The Morgan fingerprint density at radius 2 is 1.71 bits per heavy atom. The van der Waals surface area contributed by atoms with Gasteiger partial charge in [-0.2, -0.15) is 0 Å². The maximum Gasteiger partial charge on any atom is 0.115 e. The molecule has 138 valence electrons. The Morgan fingerprint density at radius 1 is 1.08 bits per heavy atom. The van der Waals surface area contributed by atoms with E-state index in [0.29, 0.717) is 0 Å². The first-order chi connectivity index (χ1) is 11.0. The molecule has 0 unspecified atom stereocenters. The summed E-state index contributed by atoms with van der Waals surface area (Å²) >= 11 is 0. The standard InChI is InChI=1S/C22H39NO/c1-10-20(24-17-11-16-23-22(7,8)9)15-13-18(2)12-14-19(3)21(4,5)6/h10,13-15,23H,2,11-12,16-17H2,1,3-9H3/b15-13-,19-14+,20-10+. The zero-order valence-electron chi connectivity index (χ0n) is 17.3. The van der Waals surface area contributed by atoms with Crippen molar-refractivity contribution in [3.05, 3.63) is 47.8 Å². The van der Waals surface area contributed by atoms with Gasteiger partial charge in [0.1, 0.15) is 5.76 Å². The fraction of sp³-hybridized carbons (Fsp3) is 0.636. The van der Waals surface area contributed by atoms with Crippen molar-refractivity contribution in [3.63, 3.8) is 0 Å². The largest absolute Gasteiger partial charge is 0.494 e. The fourth-order valence-corrected chi connectivity index (χ4v) is 1.81. The summed E-state index contributed by atoms with van der Waals surface area (Å²) in [7, 11) is 0. The van der Waals surface area contributed by atoms with E-state index >= 15 is 0 Å². The predicted octanol–water partition coefficient (Wildman–Crippen LogP) is 6.18. The molecule has 0 amide bonds. The van der Waals surface area contributed by atoms with Gasteiger partial charge in [0, 0.05) is 5.54 Å². The zero-order chi connectivity index (χ0) is 18.8. The van der Waals surface area contributed by atoms with Gasteiger partial charge in [0.25, 0.3) is 0 Å². The minimum Gasteiger partial charge on any atom is -0.494 e. The third kappa shape index (κ3) is 12.2. The minimum absolute atomic E-state index is 0.166. The van der Waals surface area contributed by atoms with E-state index in [-0.39, 0.29) is 11.0 Å². The van der Waals surface area contributed by atoms with Gasteiger partial charge in [-0.25, -0.2) is 0 Å². The van der Waals surface area contributed by atoms with Gasteiger partial charge in [0.2, 0.25) is 0 Å². The van der Waals surface area contributed by atoms with Crippen LogP contribution in [0.15, 0.2) is 47.8 Å². The molecule has 0 aromatic heterocycles. The molecule has 0 aliphatic carbocycles. The third-order valence-corrected chi connectivity index (χ3v) is 3.87. The van der Waals surface area contributed by atoms with Gasteiger partial charge >= 0.3 is 0 Å². The van der Waals surface area contributed by atoms with Crippen LogP contribution in [0, 0.1) is 5.41 Å². The predicted molar refractivity (Wildman–Crippen MR) is 108 cm³/mol. The topological polar surface area (TPSA) is 21.3 Å². The van der Waals surface area contributed by atoms with Gasteiger partial charge in [0.15, 0.2) is 0 Å². The zero-order valence-corrected chi connectivity index (χ0v) is 17.3. The lowest BCUT2D eigenvalue weighted by Gasteiger charge is -2.20. The molecule has 0 heterocycles. The van der Waals surface area contributed by atoms with Crippen molar-refractivity contribution in [3.8, 4) is 0 Å². The molecule has 0 bridgehead atoms. The van der Waals surface area contributed by atoms with Crippen LogP contribution in [0.25, 0.3) is 0 Å². The first-order valence-corrected chi connectivity index (χ1v) is 9.03. The summed E-state index contributed by atoms with van der Waals surface area (Å²) in [5, 5.41) is 3.47. The molecular weight excluding hydrogens is 294 g/mol. The maximum atomic E-state index is 5.81. The van der Waals surface area contributed by atoms with E-state index in [1.165, 1.54) is 5.57 Å². The molecule has 0 spiro atoms. The Kier molecular flexibility index (Phi) is 9.99. The Morgan fingerprint density at radius 3 is 2.21 bits per heavy atom. The second kappa shape index (κ2) is 10.6. The summed E-state index contributed by atoms with van der Waals surface area (Å²) in [4.78, 5) is 0. The monoisotopic (exact) mass is 333 g/mol. The Bertz CT molecular complexity index is 467. The first-order valence-electron chi connectivity index (χ1n) is 9.03. The molecule has 0 aliphatic rings. The lowest BCUT2D eigenvalue weighted by Crippen LogP contribution is -2.36. The van der Waals surface area contributed by atoms with Crippen molar-refractivity contribution in [2.75, 3.05) is 13.2 Å². The van der Waals surface area contributed by atoms with Crippen molar-refractivity contribution < 1.29 is 4.74 Å². The van der Waals surface area contributed by atoms with E-state index in [1.54, 1.807) is 0 Å². The molecular formula is C22H39NO. The highest BCUT2D eigenvalue weighted by molar-refractivity contribution is 5.25. The van der Waals surface area contributed by atoms with Crippen LogP contribution in [0.4, 0.5) is 0 Å². The van der Waals surface area contributed by atoms with E-state index in [0.717, 1.165) is 37.3 Å². The second-order valence-electron chi connectivity index (χ2n) is 8.40. The van der Waals surface area contributed by atoms with Crippen LogP contribution in [-0.2, 0) is 4.74 Å². The van der Waals surface area contributed by atoms with Crippen LogP contribution in [0.5, 0.6) is 0 Å². The van der Waals surface area contributed by atoms with Crippen LogP contribution in [0.3, 0.4) is 0 Å². The molecule has 24 heavy (non-hydrogen) atoms. The highest BCUT2D eigenvalue weighted by atomic mass is 16.5. The van der Waals surface area contributed by atoms with Crippen LogP contribution < -0.4 is 5.32 Å². The molecule has 0 saturated heterocycles. The summed E-state index contributed by atoms with van der Waals surface area (Å²) in [6, 6.07) is 0. The van der Waals surface area contributed by atoms with Crippen molar-refractivity contribution in [1.29, 1.82) is 0 Å². The smallest absolute Gasteiger partial charge is 0.115 e. The van der Waals surface area contributed by atoms with Crippen LogP contribution in [0.2, 0.25) is 0 Å². The van der Waals surface area contributed by atoms with Crippen molar-refractivity contribution in [1.82, 2.24) is 5.32 Å². The first kappa shape index (κ1) is 22.7. The molecule has 0 fully saturated rings. The number of ether oxygens (including phenoxy) is 1. The van der Waals surface area contributed by atoms with Gasteiger partial charge < -0.3 is 10.1 Å². The molecule has 0 rings (SSSR count). The van der Waals surface area contributed by atoms with Crippen molar-refractivity contribution in [2.24, 2.45) is 5.41 Å². The molecule has 2 nitrogen and oxygen atoms in total. The van der Waals surface area contributed by atoms with Crippen LogP contribution in [-0.4, -0.2) is 18.7 Å². The summed E-state index contributed by atoms with van der Waals surface area (Å²) in [6.07, 6.45) is 10.2. The Hall–Kier alpha value is -1.28. The average Bonchev–Trinajstić information content (AvgIpc) is 2.45. The number of nitrogens with one attached hydrogen (secondary N) is 1. The van der Waals surface area contributed by atoms with Gasteiger partial charge in [-0.1, -0.05) is 50.6 Å². The summed E-state index contributed by atoms with van der Waals surface area (Å²) in [5.74, 6) is 0.906. The molecule has 0 radical (unpaired) electrons. The van der Waals surface area contributed by atoms with Crippen molar-refractivity contribution >= 4 is 0 Å². The van der Waals surface area contributed by atoms with Gasteiger partial charge in [-0.3, -0.25) is 0 Å². The Labute approximate surface area is 150 Å². The van der Waals surface area contributed by atoms with Crippen LogP contribution in [0.1, 0.15) is 68.2 Å². The second-order valence-corrected chi connectivity index (χ2v) is 8.40. The van der Waals surface area contributed by atoms with Crippen LogP contribution >= 0.6 is 0 Å². The summed E-state index contributed by atoms with van der Waals surface area (Å²) in [5.41, 5.74) is 2.88. The van der Waals surface area contributed by atoms with Crippen molar-refractivity contribution in [2.45, 2.75) is 73.8 Å². The summed E-state index contributed by atoms with van der Waals surface area (Å²) < 4.78 is 5.81. The molecule has 0 aromatic carbocycles. The molecule has 2 heteroatoms. The molecule has 1 N–H and O–H groups in total. The fourth-order valence-electron chi connectivity index (χ4n) is 1.81. The minimum atomic E-state index is 0.166. The SMILES string of the molecule is C=C(/C=C\C(=C/C)OCCCNC(C)(C)C)C/C=C(\C)C(C)(C)C.